The fourth-order valence-corrected chi connectivity index (χ4v) is 1.10. The van der Waals surface area contributed by atoms with Crippen molar-refractivity contribution in [1.82, 2.24) is 0 Å². The number of carboxylic acid groups (broad SMARTS) is 1. The molecule has 0 bridgehead atoms. The van der Waals surface area contributed by atoms with Crippen molar-refractivity contribution in [2.45, 2.75) is 6.11 Å². The van der Waals surface area contributed by atoms with Crippen LogP contribution in [0.2, 0.25) is 0 Å². The average molecular weight is 217 g/mol. The molecule has 1 rings (SSSR count). The summed E-state index contributed by atoms with van der Waals surface area (Å²) in [6, 6.07) is 3.08. The fourth-order valence-electron chi connectivity index (χ4n) is 1.10. The zero-order valence-corrected chi connectivity index (χ0v) is 7.83. The van der Waals surface area contributed by atoms with E-state index in [-0.39, 0.29) is 5.69 Å². The van der Waals surface area contributed by atoms with Gasteiger partial charge in [-0.2, -0.15) is 8.78 Å². The van der Waals surface area contributed by atoms with Crippen molar-refractivity contribution in [1.29, 1.82) is 0 Å². The third-order valence-corrected chi connectivity index (χ3v) is 1.84. The van der Waals surface area contributed by atoms with Crippen LogP contribution in [0.3, 0.4) is 0 Å². The maximum absolute atomic E-state index is 13.1. The summed E-state index contributed by atoms with van der Waals surface area (Å²) in [5.41, 5.74) is 4.12. The normalized spacial score (nSPS) is 11.4. The highest BCUT2D eigenvalue weighted by Gasteiger charge is 2.35. The van der Waals surface area contributed by atoms with Crippen LogP contribution in [-0.2, 0) is 10.8 Å². The summed E-state index contributed by atoms with van der Waals surface area (Å²) in [5.74, 6) is -1.48. The molecule has 0 aliphatic carbocycles. The molecule has 15 heavy (non-hydrogen) atoms. The second-order valence-corrected chi connectivity index (χ2v) is 2.83. The lowest BCUT2D eigenvalue weighted by molar-refractivity contribution is -0.231. The first kappa shape index (κ1) is 11.4. The summed E-state index contributed by atoms with van der Waals surface area (Å²) in [4.78, 5) is 10.7. The molecule has 0 aliphatic rings. The van der Waals surface area contributed by atoms with Gasteiger partial charge >= 0.3 is 12.1 Å². The highest BCUT2D eigenvalue weighted by Crippen LogP contribution is 2.32. The minimum atomic E-state index is -3.64. The van der Waals surface area contributed by atoms with E-state index in [9.17, 15) is 13.6 Å². The van der Waals surface area contributed by atoms with E-state index >= 15 is 0 Å². The van der Waals surface area contributed by atoms with Crippen LogP contribution in [0.25, 0.3) is 0 Å². The van der Waals surface area contributed by atoms with Crippen LogP contribution in [0.5, 0.6) is 0 Å². The van der Waals surface area contributed by atoms with E-state index in [1.165, 1.54) is 6.07 Å². The minimum Gasteiger partial charge on any atom is -0.478 e. The first-order valence-corrected chi connectivity index (χ1v) is 3.94. The quantitative estimate of drug-likeness (QED) is 0.755. The summed E-state index contributed by atoms with van der Waals surface area (Å²) in [6.45, 7) is 0. The van der Waals surface area contributed by atoms with Crippen LogP contribution < -0.4 is 5.73 Å². The van der Waals surface area contributed by atoms with Crippen molar-refractivity contribution >= 4 is 11.7 Å². The van der Waals surface area contributed by atoms with Gasteiger partial charge in [0.15, 0.2) is 0 Å². The number of nitrogen functional groups attached to an aromatic ring is 1. The molecule has 0 radical (unpaired) electrons. The Morgan fingerprint density at radius 1 is 1.53 bits per heavy atom. The van der Waals surface area contributed by atoms with Gasteiger partial charge in [0.2, 0.25) is 0 Å². The van der Waals surface area contributed by atoms with Crippen LogP contribution in [-0.4, -0.2) is 18.2 Å². The Kier molecular flexibility index (Phi) is 2.90. The smallest absolute Gasteiger partial charge is 0.383 e. The van der Waals surface area contributed by atoms with Gasteiger partial charge in [0.25, 0.3) is 0 Å². The lowest BCUT2D eigenvalue weighted by Gasteiger charge is -2.16. The van der Waals surface area contributed by atoms with Crippen molar-refractivity contribution in [3.63, 3.8) is 0 Å². The van der Waals surface area contributed by atoms with Crippen molar-refractivity contribution in [2.24, 2.45) is 0 Å². The van der Waals surface area contributed by atoms with Gasteiger partial charge in [-0.25, -0.2) is 4.79 Å². The van der Waals surface area contributed by atoms with Gasteiger partial charge in [-0.15, -0.1) is 0 Å². The summed E-state index contributed by atoms with van der Waals surface area (Å²) in [6.07, 6.45) is -3.64. The number of methoxy groups -OCH3 is 1. The van der Waals surface area contributed by atoms with Gasteiger partial charge in [0.1, 0.15) is 0 Å². The first-order chi connectivity index (χ1) is 6.88. The largest absolute Gasteiger partial charge is 0.478 e. The van der Waals surface area contributed by atoms with Crippen LogP contribution in [0, 0.1) is 0 Å². The van der Waals surface area contributed by atoms with Crippen molar-refractivity contribution in [3.8, 4) is 0 Å². The first-order valence-electron chi connectivity index (χ1n) is 3.94. The van der Waals surface area contributed by atoms with E-state index in [1.807, 2.05) is 0 Å². The minimum absolute atomic E-state index is 0.100. The number of rotatable bonds is 3. The van der Waals surface area contributed by atoms with Gasteiger partial charge in [-0.1, -0.05) is 0 Å². The highest BCUT2D eigenvalue weighted by molar-refractivity contribution is 5.90. The number of carboxylic acids is 1. The number of benzene rings is 1. The number of anilines is 1. The Hall–Kier alpha value is -1.69. The zero-order valence-electron chi connectivity index (χ0n) is 7.83. The monoisotopic (exact) mass is 217 g/mol. The second-order valence-electron chi connectivity index (χ2n) is 2.83. The topological polar surface area (TPSA) is 72.5 Å². The van der Waals surface area contributed by atoms with Gasteiger partial charge < -0.3 is 15.6 Å². The molecule has 0 aromatic heterocycles. The van der Waals surface area contributed by atoms with Crippen molar-refractivity contribution < 1.29 is 23.4 Å². The van der Waals surface area contributed by atoms with Gasteiger partial charge in [-0.3, -0.25) is 0 Å². The Morgan fingerprint density at radius 2 is 2.13 bits per heavy atom. The van der Waals surface area contributed by atoms with Crippen molar-refractivity contribution in [3.05, 3.63) is 29.3 Å². The maximum Gasteiger partial charge on any atom is 0.383 e. The number of hydrogen-bond donors (Lipinski definition) is 2. The molecule has 0 amide bonds. The molecule has 0 heterocycles. The SMILES string of the molecule is COC(F)(F)c1ccc(N)cc1C(=O)O. The third kappa shape index (κ3) is 2.21. The Balaban J connectivity index is 3.35. The number of nitrogens with two attached hydrogens (primary N) is 1. The molecule has 0 fully saturated rings. The van der Waals surface area contributed by atoms with Crippen LogP contribution in [0.4, 0.5) is 14.5 Å². The Bertz CT molecular complexity index is 393. The van der Waals surface area contributed by atoms with E-state index in [2.05, 4.69) is 4.74 Å². The summed E-state index contributed by atoms with van der Waals surface area (Å²) in [5, 5.41) is 8.70. The Labute approximate surface area is 84.3 Å². The fraction of sp³-hybridized carbons (Fsp3) is 0.222. The van der Waals surface area contributed by atoms with Crippen LogP contribution in [0.15, 0.2) is 18.2 Å². The number of aromatic carboxylic acids is 1. The molecule has 1 aromatic carbocycles. The standard InChI is InChI=1S/C9H9F2NO3/c1-15-9(10,11)7-3-2-5(12)4-6(7)8(13)14/h2-4H,12H2,1H3,(H,13,14). The maximum atomic E-state index is 13.1. The third-order valence-electron chi connectivity index (χ3n) is 1.84. The average Bonchev–Trinajstić information content (AvgIpc) is 2.17. The molecule has 0 atom stereocenters. The number of carbonyl (C=O) groups is 1. The van der Waals surface area contributed by atoms with E-state index in [0.29, 0.717) is 0 Å². The molecule has 3 N–H and O–H groups in total. The number of alkyl halides is 2. The lowest BCUT2D eigenvalue weighted by atomic mass is 10.1. The molecule has 0 saturated carbocycles. The molecule has 0 unspecified atom stereocenters. The molecule has 0 saturated heterocycles. The molecule has 82 valence electrons. The van der Waals surface area contributed by atoms with Crippen molar-refractivity contribution in [2.75, 3.05) is 12.8 Å². The van der Waals surface area contributed by atoms with E-state index < -0.39 is 23.2 Å². The molecule has 0 aliphatic heterocycles. The Morgan fingerprint density at radius 3 is 2.60 bits per heavy atom. The molecule has 6 heteroatoms. The molecule has 0 spiro atoms. The van der Waals surface area contributed by atoms with Crippen LogP contribution in [0.1, 0.15) is 15.9 Å². The molecular formula is C9H9F2NO3. The number of halogens is 2. The van der Waals surface area contributed by atoms with Crippen LogP contribution >= 0.6 is 0 Å². The highest BCUT2D eigenvalue weighted by atomic mass is 19.3. The predicted molar refractivity (Wildman–Crippen MR) is 48.7 cm³/mol. The van der Waals surface area contributed by atoms with E-state index in [4.69, 9.17) is 10.8 Å². The number of ether oxygens (including phenoxy) is 1. The molecular weight excluding hydrogens is 208 g/mol. The predicted octanol–water partition coefficient (Wildman–Crippen LogP) is 1.66. The molecule has 1 aromatic rings. The summed E-state index contributed by atoms with van der Waals surface area (Å²) < 4.78 is 30.1. The van der Waals surface area contributed by atoms with Gasteiger partial charge in [0.05, 0.1) is 11.1 Å². The number of hydrogen-bond acceptors (Lipinski definition) is 3. The van der Waals surface area contributed by atoms with E-state index in [0.717, 1.165) is 19.2 Å². The zero-order chi connectivity index (χ0) is 11.6. The second kappa shape index (κ2) is 3.82. The summed E-state index contributed by atoms with van der Waals surface area (Å²) in [7, 11) is 0.794. The lowest BCUT2D eigenvalue weighted by Crippen LogP contribution is -2.20. The van der Waals surface area contributed by atoms with Gasteiger partial charge in [-0.05, 0) is 18.2 Å². The van der Waals surface area contributed by atoms with E-state index in [1.54, 1.807) is 0 Å². The molecule has 4 nitrogen and oxygen atoms in total. The van der Waals surface area contributed by atoms with Gasteiger partial charge in [0, 0.05) is 12.8 Å². The summed E-state index contributed by atoms with van der Waals surface area (Å²) >= 11 is 0.